The van der Waals surface area contributed by atoms with Crippen LogP contribution in [0.25, 0.3) is 0 Å². The normalized spacial score (nSPS) is 14.6. The highest BCUT2D eigenvalue weighted by atomic mass is 19.1. The Morgan fingerprint density at radius 3 is 2.71 bits per heavy atom. The first kappa shape index (κ1) is 14.0. The van der Waals surface area contributed by atoms with Crippen LogP contribution in [0.15, 0.2) is 18.2 Å². The third-order valence-electron chi connectivity index (χ3n) is 2.45. The van der Waals surface area contributed by atoms with Gasteiger partial charge in [-0.15, -0.1) is 0 Å². The molecule has 96 valence electrons. The number of hydrogen-bond donors (Lipinski definition) is 2. The average molecular weight is 245 g/mol. The van der Waals surface area contributed by atoms with E-state index in [1.165, 1.54) is 19.2 Å². The second kappa shape index (κ2) is 6.64. The van der Waals surface area contributed by atoms with Crippen LogP contribution in [0.3, 0.4) is 0 Å². The largest absolute Gasteiger partial charge is 0.389 e. The molecule has 1 aromatic carbocycles. The summed E-state index contributed by atoms with van der Waals surface area (Å²) < 4.78 is 30.9. The zero-order chi connectivity index (χ0) is 12.8. The lowest BCUT2D eigenvalue weighted by molar-refractivity contribution is 0.0630. The van der Waals surface area contributed by atoms with Crippen LogP contribution in [-0.2, 0) is 4.74 Å². The van der Waals surface area contributed by atoms with Crippen molar-refractivity contribution in [1.29, 1.82) is 0 Å². The summed E-state index contributed by atoms with van der Waals surface area (Å²) in [6.45, 7) is 2.24. The van der Waals surface area contributed by atoms with E-state index in [-0.39, 0.29) is 19.2 Å². The average Bonchev–Trinajstić information content (AvgIpc) is 2.26. The molecular weight excluding hydrogens is 228 g/mol. The topological polar surface area (TPSA) is 41.5 Å². The van der Waals surface area contributed by atoms with Crippen LogP contribution < -0.4 is 5.32 Å². The van der Waals surface area contributed by atoms with Crippen LogP contribution in [-0.4, -0.2) is 31.5 Å². The summed E-state index contributed by atoms with van der Waals surface area (Å²) in [4.78, 5) is 0. The number of aliphatic hydroxyl groups is 1. The monoisotopic (exact) mass is 245 g/mol. The van der Waals surface area contributed by atoms with Gasteiger partial charge in [-0.2, -0.15) is 0 Å². The van der Waals surface area contributed by atoms with Crippen molar-refractivity contribution in [2.45, 2.75) is 19.1 Å². The molecule has 0 aromatic heterocycles. The number of ether oxygens (including phenoxy) is 1. The first-order valence-electron chi connectivity index (χ1n) is 5.40. The van der Waals surface area contributed by atoms with Crippen molar-refractivity contribution in [3.63, 3.8) is 0 Å². The lowest BCUT2D eigenvalue weighted by atomic mass is 10.1. The number of methoxy groups -OCH3 is 1. The second-order valence-corrected chi connectivity index (χ2v) is 3.90. The van der Waals surface area contributed by atoms with Gasteiger partial charge in [0.05, 0.1) is 12.7 Å². The van der Waals surface area contributed by atoms with Gasteiger partial charge in [-0.1, -0.05) is 6.07 Å². The Morgan fingerprint density at radius 1 is 1.41 bits per heavy atom. The Morgan fingerprint density at radius 2 is 2.12 bits per heavy atom. The molecule has 0 bridgehead atoms. The van der Waals surface area contributed by atoms with E-state index < -0.39 is 17.7 Å². The fourth-order valence-electron chi connectivity index (χ4n) is 1.53. The predicted molar refractivity (Wildman–Crippen MR) is 60.7 cm³/mol. The molecule has 3 nitrogen and oxygen atoms in total. The van der Waals surface area contributed by atoms with Crippen molar-refractivity contribution < 1.29 is 18.6 Å². The molecule has 2 N–H and O–H groups in total. The molecule has 0 aliphatic rings. The summed E-state index contributed by atoms with van der Waals surface area (Å²) in [6, 6.07) is 3.15. The fraction of sp³-hybridized carbons (Fsp3) is 0.500. The molecule has 0 aliphatic carbocycles. The Kier molecular flexibility index (Phi) is 5.47. The first-order valence-corrected chi connectivity index (χ1v) is 5.40. The molecule has 0 spiro atoms. The van der Waals surface area contributed by atoms with E-state index >= 15 is 0 Å². The summed E-state index contributed by atoms with van der Waals surface area (Å²) >= 11 is 0. The van der Waals surface area contributed by atoms with Crippen LogP contribution in [0.1, 0.15) is 18.5 Å². The molecule has 0 fully saturated rings. The molecule has 5 heteroatoms. The van der Waals surface area contributed by atoms with Crippen molar-refractivity contribution in [3.05, 3.63) is 35.4 Å². The fourth-order valence-corrected chi connectivity index (χ4v) is 1.53. The second-order valence-electron chi connectivity index (χ2n) is 3.90. The van der Waals surface area contributed by atoms with E-state index in [9.17, 15) is 13.9 Å². The minimum Gasteiger partial charge on any atom is -0.389 e. The quantitative estimate of drug-likeness (QED) is 0.800. The van der Waals surface area contributed by atoms with Crippen LogP contribution >= 0.6 is 0 Å². The van der Waals surface area contributed by atoms with Crippen LogP contribution in [0.5, 0.6) is 0 Å². The summed E-state index contributed by atoms with van der Waals surface area (Å²) in [5, 5.41) is 12.4. The van der Waals surface area contributed by atoms with E-state index in [0.29, 0.717) is 5.56 Å². The van der Waals surface area contributed by atoms with Crippen molar-refractivity contribution in [3.8, 4) is 0 Å². The lowest BCUT2D eigenvalue weighted by Gasteiger charge is -2.17. The van der Waals surface area contributed by atoms with Crippen LogP contribution in [0.4, 0.5) is 8.78 Å². The van der Waals surface area contributed by atoms with Crippen molar-refractivity contribution >= 4 is 0 Å². The molecule has 2 atom stereocenters. The Labute approximate surface area is 99.4 Å². The zero-order valence-electron chi connectivity index (χ0n) is 9.91. The number of aliphatic hydroxyl groups excluding tert-OH is 1. The number of benzene rings is 1. The maximum Gasteiger partial charge on any atom is 0.130 e. The number of nitrogens with one attached hydrogen (secondary N) is 1. The molecule has 1 aromatic rings. The smallest absolute Gasteiger partial charge is 0.130 e. The number of hydrogen-bond acceptors (Lipinski definition) is 3. The van der Waals surface area contributed by atoms with Gasteiger partial charge in [-0.05, 0) is 13.0 Å². The van der Waals surface area contributed by atoms with Gasteiger partial charge < -0.3 is 15.2 Å². The molecule has 2 unspecified atom stereocenters. The molecule has 0 saturated heterocycles. The van der Waals surface area contributed by atoms with E-state index in [4.69, 9.17) is 4.74 Å². The highest BCUT2D eigenvalue weighted by Crippen LogP contribution is 2.17. The molecular formula is C12H17F2NO2. The maximum absolute atomic E-state index is 13.4. The Balaban J connectivity index is 2.54. The molecule has 0 aliphatic heterocycles. The van der Waals surface area contributed by atoms with Crippen molar-refractivity contribution in [1.82, 2.24) is 5.32 Å². The number of halogens is 2. The minimum atomic E-state index is -0.647. The number of rotatable bonds is 6. The first-order chi connectivity index (χ1) is 8.04. The predicted octanol–water partition coefficient (Wildman–Crippen LogP) is 1.62. The van der Waals surface area contributed by atoms with Gasteiger partial charge in [0.1, 0.15) is 11.6 Å². The Bertz CT molecular complexity index is 360. The SMILES string of the molecule is COCC(O)CNC(C)c1ccc(F)cc1F. The molecule has 0 amide bonds. The van der Waals surface area contributed by atoms with Crippen LogP contribution in [0, 0.1) is 11.6 Å². The minimum absolute atomic E-state index is 0.214. The third kappa shape index (κ3) is 4.38. The summed E-state index contributed by atoms with van der Waals surface area (Å²) in [5.74, 6) is -1.19. The maximum atomic E-state index is 13.4. The summed E-state index contributed by atoms with van der Waals surface area (Å²) in [5.41, 5.74) is 0.371. The van der Waals surface area contributed by atoms with Gasteiger partial charge in [0.25, 0.3) is 0 Å². The van der Waals surface area contributed by atoms with Crippen LogP contribution in [0.2, 0.25) is 0 Å². The van der Waals surface area contributed by atoms with Crippen molar-refractivity contribution in [2.24, 2.45) is 0 Å². The van der Waals surface area contributed by atoms with E-state index in [0.717, 1.165) is 6.07 Å². The highest BCUT2D eigenvalue weighted by Gasteiger charge is 2.12. The zero-order valence-corrected chi connectivity index (χ0v) is 9.91. The molecule has 1 rings (SSSR count). The third-order valence-corrected chi connectivity index (χ3v) is 2.45. The van der Waals surface area contributed by atoms with Gasteiger partial charge >= 0.3 is 0 Å². The van der Waals surface area contributed by atoms with Gasteiger partial charge in [0.15, 0.2) is 0 Å². The molecule has 17 heavy (non-hydrogen) atoms. The summed E-state index contributed by atoms with van der Waals surface area (Å²) in [7, 11) is 1.49. The van der Waals surface area contributed by atoms with Gasteiger partial charge in [-0.3, -0.25) is 0 Å². The molecule has 0 saturated carbocycles. The standard InChI is InChI=1S/C12H17F2NO2/c1-8(15-6-10(16)7-17-2)11-4-3-9(13)5-12(11)14/h3-5,8,10,15-16H,6-7H2,1-2H3. The van der Waals surface area contributed by atoms with Gasteiger partial charge in [-0.25, -0.2) is 8.78 Å². The molecule has 0 heterocycles. The van der Waals surface area contributed by atoms with E-state index in [1.807, 2.05) is 0 Å². The lowest BCUT2D eigenvalue weighted by Crippen LogP contribution is -2.32. The van der Waals surface area contributed by atoms with E-state index in [1.54, 1.807) is 6.92 Å². The Hall–Kier alpha value is -1.04. The summed E-state index contributed by atoms with van der Waals surface area (Å²) in [6.07, 6.45) is -0.647. The van der Waals surface area contributed by atoms with E-state index in [2.05, 4.69) is 5.32 Å². The molecule has 0 radical (unpaired) electrons. The highest BCUT2D eigenvalue weighted by molar-refractivity contribution is 5.21. The van der Waals surface area contributed by atoms with Gasteiger partial charge in [0, 0.05) is 31.3 Å². The van der Waals surface area contributed by atoms with Gasteiger partial charge in [0.2, 0.25) is 0 Å². The van der Waals surface area contributed by atoms with Crippen molar-refractivity contribution in [2.75, 3.05) is 20.3 Å².